The van der Waals surface area contributed by atoms with Crippen molar-refractivity contribution in [1.29, 1.82) is 0 Å². The Balaban J connectivity index is 1.77. The Morgan fingerprint density at radius 1 is 1.16 bits per heavy atom. The molecule has 1 fully saturated rings. The lowest BCUT2D eigenvalue weighted by atomic mass is 10.1. The first kappa shape index (κ1) is 17.1. The highest BCUT2D eigenvalue weighted by Crippen LogP contribution is 2.19. The van der Waals surface area contributed by atoms with Gasteiger partial charge in [0, 0.05) is 38.3 Å². The summed E-state index contributed by atoms with van der Waals surface area (Å²) in [6.45, 7) is 3.63. The number of hydrogen-bond donors (Lipinski definition) is 0. The quantitative estimate of drug-likeness (QED) is 0.862. The second-order valence-electron chi connectivity index (χ2n) is 6.29. The van der Waals surface area contributed by atoms with E-state index < -0.39 is 0 Å². The largest absolute Gasteiger partial charge is 0.335 e. The van der Waals surface area contributed by atoms with Crippen LogP contribution < -0.4 is 0 Å². The van der Waals surface area contributed by atoms with E-state index in [1.54, 1.807) is 23.2 Å². The molecule has 3 rings (SSSR count). The van der Waals surface area contributed by atoms with Gasteiger partial charge in [-0.25, -0.2) is 0 Å². The van der Waals surface area contributed by atoms with Crippen LogP contribution in [0, 0.1) is 0 Å². The van der Waals surface area contributed by atoms with Crippen molar-refractivity contribution in [2.75, 3.05) is 13.1 Å². The van der Waals surface area contributed by atoms with E-state index in [2.05, 4.69) is 11.9 Å². The Hall–Kier alpha value is -2.69. The minimum Gasteiger partial charge on any atom is -0.335 e. The highest BCUT2D eigenvalue weighted by Gasteiger charge is 2.31. The second-order valence-corrected chi connectivity index (χ2v) is 6.29. The van der Waals surface area contributed by atoms with E-state index in [1.807, 2.05) is 41.3 Å². The summed E-state index contributed by atoms with van der Waals surface area (Å²) in [5, 5.41) is 0. The Morgan fingerprint density at radius 3 is 2.60 bits per heavy atom. The molecule has 0 bridgehead atoms. The van der Waals surface area contributed by atoms with Crippen LogP contribution in [0.3, 0.4) is 0 Å². The van der Waals surface area contributed by atoms with E-state index in [-0.39, 0.29) is 17.9 Å². The standard InChI is InChI=1S/C20H23N3O2/c1-2-17-15-22(20(25)18-10-6-7-12-21-18)13-11-19(24)23(17)14-16-8-4-3-5-9-16/h3-10,12,17H,2,11,13-15H2,1H3. The van der Waals surface area contributed by atoms with Crippen LogP contribution in [0.15, 0.2) is 54.7 Å². The molecule has 0 saturated carbocycles. The molecule has 0 spiro atoms. The lowest BCUT2D eigenvalue weighted by molar-refractivity contribution is -0.133. The van der Waals surface area contributed by atoms with Crippen molar-refractivity contribution in [3.8, 4) is 0 Å². The highest BCUT2D eigenvalue weighted by atomic mass is 16.2. The van der Waals surface area contributed by atoms with Gasteiger partial charge in [0.2, 0.25) is 5.91 Å². The van der Waals surface area contributed by atoms with Gasteiger partial charge in [-0.3, -0.25) is 14.6 Å². The van der Waals surface area contributed by atoms with Gasteiger partial charge < -0.3 is 9.80 Å². The zero-order valence-corrected chi connectivity index (χ0v) is 14.5. The van der Waals surface area contributed by atoms with Crippen molar-refractivity contribution in [1.82, 2.24) is 14.8 Å². The van der Waals surface area contributed by atoms with Crippen LogP contribution in [0.4, 0.5) is 0 Å². The van der Waals surface area contributed by atoms with Crippen LogP contribution >= 0.6 is 0 Å². The fourth-order valence-corrected chi connectivity index (χ4v) is 3.20. The number of aromatic nitrogens is 1. The van der Waals surface area contributed by atoms with E-state index in [9.17, 15) is 9.59 Å². The van der Waals surface area contributed by atoms with Crippen LogP contribution in [0.25, 0.3) is 0 Å². The van der Waals surface area contributed by atoms with Gasteiger partial charge in [0.1, 0.15) is 5.69 Å². The van der Waals surface area contributed by atoms with E-state index in [4.69, 9.17) is 0 Å². The maximum Gasteiger partial charge on any atom is 0.272 e. The normalized spacial score (nSPS) is 18.1. The van der Waals surface area contributed by atoms with Gasteiger partial charge in [-0.1, -0.05) is 43.3 Å². The Bertz CT molecular complexity index is 718. The van der Waals surface area contributed by atoms with Gasteiger partial charge in [0.05, 0.1) is 0 Å². The molecular weight excluding hydrogens is 314 g/mol. The summed E-state index contributed by atoms with van der Waals surface area (Å²) in [7, 11) is 0. The van der Waals surface area contributed by atoms with Crippen molar-refractivity contribution in [2.45, 2.75) is 32.4 Å². The van der Waals surface area contributed by atoms with Crippen molar-refractivity contribution >= 4 is 11.8 Å². The molecule has 1 unspecified atom stereocenters. The van der Waals surface area contributed by atoms with Gasteiger partial charge in [-0.2, -0.15) is 0 Å². The molecule has 1 atom stereocenters. The molecule has 2 aromatic rings. The third-order valence-corrected chi connectivity index (χ3v) is 4.63. The van der Waals surface area contributed by atoms with Gasteiger partial charge in [-0.15, -0.1) is 0 Å². The Kier molecular flexibility index (Phi) is 5.43. The molecule has 1 aromatic carbocycles. The first-order chi connectivity index (χ1) is 12.2. The average Bonchev–Trinajstić information content (AvgIpc) is 2.82. The monoisotopic (exact) mass is 337 g/mol. The summed E-state index contributed by atoms with van der Waals surface area (Å²) in [4.78, 5) is 33.2. The predicted octanol–water partition coefficient (Wildman–Crippen LogP) is 2.73. The number of amides is 2. The summed E-state index contributed by atoms with van der Waals surface area (Å²) >= 11 is 0. The van der Waals surface area contributed by atoms with Crippen molar-refractivity contribution in [3.63, 3.8) is 0 Å². The number of hydrogen-bond acceptors (Lipinski definition) is 3. The summed E-state index contributed by atoms with van der Waals surface area (Å²) in [5.74, 6) is 0.000403. The zero-order chi connectivity index (χ0) is 17.6. The molecule has 1 saturated heterocycles. The molecule has 5 nitrogen and oxygen atoms in total. The maximum atomic E-state index is 12.7. The van der Waals surface area contributed by atoms with E-state index in [0.29, 0.717) is 31.7 Å². The van der Waals surface area contributed by atoms with Crippen LogP contribution in [-0.2, 0) is 11.3 Å². The number of rotatable bonds is 4. The molecule has 0 radical (unpaired) electrons. The van der Waals surface area contributed by atoms with Crippen LogP contribution in [-0.4, -0.2) is 45.7 Å². The van der Waals surface area contributed by atoms with Gasteiger partial charge in [-0.05, 0) is 24.1 Å². The molecule has 1 aliphatic heterocycles. The molecule has 0 N–H and O–H groups in total. The number of pyridine rings is 1. The lowest BCUT2D eigenvalue weighted by Crippen LogP contribution is -2.43. The molecule has 1 aromatic heterocycles. The van der Waals surface area contributed by atoms with Gasteiger partial charge >= 0.3 is 0 Å². The van der Waals surface area contributed by atoms with Crippen molar-refractivity contribution < 1.29 is 9.59 Å². The van der Waals surface area contributed by atoms with Gasteiger partial charge in [0.25, 0.3) is 5.91 Å². The molecule has 130 valence electrons. The van der Waals surface area contributed by atoms with E-state index in [1.165, 1.54) is 0 Å². The predicted molar refractivity (Wildman–Crippen MR) is 95.8 cm³/mol. The van der Waals surface area contributed by atoms with Crippen LogP contribution in [0.1, 0.15) is 35.8 Å². The molecule has 25 heavy (non-hydrogen) atoms. The first-order valence-electron chi connectivity index (χ1n) is 8.72. The molecule has 2 heterocycles. The van der Waals surface area contributed by atoms with Crippen molar-refractivity contribution in [2.24, 2.45) is 0 Å². The van der Waals surface area contributed by atoms with Gasteiger partial charge in [0.15, 0.2) is 0 Å². The van der Waals surface area contributed by atoms with Crippen molar-refractivity contribution in [3.05, 3.63) is 66.0 Å². The number of carbonyl (C=O) groups is 2. The number of benzene rings is 1. The zero-order valence-electron chi connectivity index (χ0n) is 14.5. The van der Waals surface area contributed by atoms with E-state index in [0.717, 1.165) is 12.0 Å². The second kappa shape index (κ2) is 7.92. The summed E-state index contributed by atoms with van der Waals surface area (Å²) in [6.07, 6.45) is 2.78. The summed E-state index contributed by atoms with van der Waals surface area (Å²) < 4.78 is 0. The first-order valence-corrected chi connectivity index (χ1v) is 8.72. The maximum absolute atomic E-state index is 12.7. The number of nitrogens with zero attached hydrogens (tertiary/aromatic N) is 3. The third kappa shape index (κ3) is 4.05. The smallest absolute Gasteiger partial charge is 0.272 e. The highest BCUT2D eigenvalue weighted by molar-refractivity contribution is 5.92. The molecular formula is C20H23N3O2. The third-order valence-electron chi connectivity index (χ3n) is 4.63. The fraction of sp³-hybridized carbons (Fsp3) is 0.350. The topological polar surface area (TPSA) is 53.5 Å². The van der Waals surface area contributed by atoms with Crippen LogP contribution in [0.2, 0.25) is 0 Å². The Morgan fingerprint density at radius 2 is 1.92 bits per heavy atom. The Labute approximate surface area is 148 Å². The molecule has 2 amide bonds. The SMILES string of the molecule is CCC1CN(C(=O)c2ccccn2)CCC(=O)N1Cc1ccccc1. The van der Waals surface area contributed by atoms with Crippen LogP contribution in [0.5, 0.6) is 0 Å². The minimum absolute atomic E-state index is 0.0165. The fourth-order valence-electron chi connectivity index (χ4n) is 3.20. The average molecular weight is 337 g/mol. The summed E-state index contributed by atoms with van der Waals surface area (Å²) in [5.41, 5.74) is 1.54. The minimum atomic E-state index is -0.103. The lowest BCUT2D eigenvalue weighted by Gasteiger charge is -2.31. The number of carbonyl (C=O) groups excluding carboxylic acids is 2. The molecule has 5 heteroatoms. The van der Waals surface area contributed by atoms with E-state index >= 15 is 0 Å². The molecule has 1 aliphatic rings. The molecule has 0 aliphatic carbocycles. The summed E-state index contributed by atoms with van der Waals surface area (Å²) in [6, 6.07) is 15.3.